The molecular weight excluding hydrogens is 346 g/mol. The minimum absolute atomic E-state index is 0.395. The van der Waals surface area contributed by atoms with Crippen LogP contribution in [0, 0.1) is 6.92 Å². The van der Waals surface area contributed by atoms with E-state index in [0.717, 1.165) is 11.1 Å². The van der Waals surface area contributed by atoms with Gasteiger partial charge in [-0.25, -0.2) is 8.42 Å². The van der Waals surface area contributed by atoms with Gasteiger partial charge in [0.15, 0.2) is 0 Å². The number of benzene rings is 2. The van der Waals surface area contributed by atoms with E-state index in [1.807, 2.05) is 12.1 Å². The van der Waals surface area contributed by atoms with Crippen molar-refractivity contribution in [1.29, 1.82) is 0 Å². The third kappa shape index (κ3) is 4.03. The van der Waals surface area contributed by atoms with Crippen molar-refractivity contribution in [2.24, 2.45) is 0 Å². The van der Waals surface area contributed by atoms with Gasteiger partial charge < -0.3 is 9.29 Å². The first kappa shape index (κ1) is 18.6. The Hall–Kier alpha value is -1.70. The third-order valence-corrected chi connectivity index (χ3v) is 6.12. The molecule has 5 nitrogen and oxygen atoms in total. The number of aryl methyl sites for hydroxylation is 1. The number of hydrogen-bond donors (Lipinski definition) is 0. The lowest BCUT2D eigenvalue weighted by Gasteiger charge is -2.12. The van der Waals surface area contributed by atoms with Crippen LogP contribution in [0.1, 0.15) is 25.3 Å². The van der Waals surface area contributed by atoms with Crippen molar-refractivity contribution < 1.29 is 22.7 Å². The number of aromatic nitrogens is 1. The highest BCUT2D eigenvalue weighted by molar-refractivity contribution is 7.86. The van der Waals surface area contributed by atoms with Crippen LogP contribution in [0.25, 0.3) is 21.0 Å². The number of ether oxygens (including phenoxy) is 1. The first-order valence-electron chi connectivity index (χ1n) is 7.60. The smallest absolute Gasteiger partial charge is 0.233 e. The summed E-state index contributed by atoms with van der Waals surface area (Å²) in [6.07, 6.45) is 0.395. The predicted molar refractivity (Wildman–Crippen MR) is 96.6 cm³/mol. The molecule has 0 saturated carbocycles. The van der Waals surface area contributed by atoms with Crippen LogP contribution in [0.3, 0.4) is 0 Å². The van der Waals surface area contributed by atoms with Crippen LogP contribution in [-0.2, 0) is 10.1 Å². The Morgan fingerprint density at radius 1 is 1.25 bits per heavy atom. The van der Waals surface area contributed by atoms with Crippen LogP contribution in [0.15, 0.2) is 30.3 Å². The lowest BCUT2D eigenvalue weighted by atomic mass is 10.1. The number of H-pyrrole nitrogens is 1. The summed E-state index contributed by atoms with van der Waals surface area (Å²) in [7, 11) is -2.29. The molecule has 1 N–H and O–H groups in total. The number of methoxy groups -OCH3 is 1. The fraction of sp³-hybridized carbons (Fsp3) is 0.353. The van der Waals surface area contributed by atoms with E-state index in [1.165, 1.54) is 27.5 Å². The van der Waals surface area contributed by atoms with E-state index in [1.54, 1.807) is 25.4 Å². The highest BCUT2D eigenvalue weighted by atomic mass is 32.2. The molecule has 0 aliphatic rings. The fourth-order valence-corrected chi connectivity index (χ4v) is 3.56. The summed E-state index contributed by atoms with van der Waals surface area (Å²) >= 11 is 1.78. The first-order chi connectivity index (χ1) is 11.3. The van der Waals surface area contributed by atoms with Gasteiger partial charge in [-0.3, -0.25) is 0 Å². The van der Waals surface area contributed by atoms with Crippen LogP contribution in [0.2, 0.25) is 0 Å². The van der Waals surface area contributed by atoms with Gasteiger partial charge in [-0.05, 0) is 37.6 Å². The van der Waals surface area contributed by atoms with Gasteiger partial charge in [0.05, 0.1) is 22.6 Å². The molecule has 1 unspecified atom stereocenters. The molecule has 24 heavy (non-hydrogen) atoms. The zero-order chi connectivity index (χ0) is 17.9. The highest BCUT2D eigenvalue weighted by Crippen LogP contribution is 2.31. The highest BCUT2D eigenvalue weighted by Gasteiger charge is 2.12. The lowest BCUT2D eigenvalue weighted by Crippen LogP contribution is -2.14. The monoisotopic (exact) mass is 367 g/mol. The van der Waals surface area contributed by atoms with Crippen LogP contribution in [-0.4, -0.2) is 25.3 Å². The van der Waals surface area contributed by atoms with Crippen LogP contribution >= 0.6 is 11.3 Å². The Morgan fingerprint density at radius 2 is 1.96 bits per heavy atom. The van der Waals surface area contributed by atoms with Gasteiger partial charge in [0, 0.05) is 17.6 Å². The van der Waals surface area contributed by atoms with E-state index in [9.17, 15) is 13.0 Å². The summed E-state index contributed by atoms with van der Waals surface area (Å²) in [6, 6.07) is 10.4. The maximum absolute atomic E-state index is 10.0. The van der Waals surface area contributed by atoms with Crippen LogP contribution in [0.4, 0.5) is 0 Å². The van der Waals surface area contributed by atoms with Gasteiger partial charge >= 0.3 is 0 Å². The molecule has 130 valence electrons. The molecule has 0 radical (unpaired) electrons. The third-order valence-electron chi connectivity index (χ3n) is 3.83. The Bertz CT molecular complexity index is 948. The largest absolute Gasteiger partial charge is 0.748 e. The quantitative estimate of drug-likeness (QED) is 0.663. The molecule has 0 spiro atoms. The zero-order valence-electron chi connectivity index (χ0n) is 14.1. The molecule has 3 rings (SSSR count). The average Bonchev–Trinajstić information content (AvgIpc) is 2.93. The maximum Gasteiger partial charge on any atom is 0.233 e. The molecule has 0 amide bonds. The number of thiazole rings is 1. The Kier molecular flexibility index (Phi) is 5.79. The number of nitrogens with one attached hydrogen (secondary N) is 1. The van der Waals surface area contributed by atoms with Gasteiger partial charge in [0.1, 0.15) is 10.4 Å². The lowest BCUT2D eigenvalue weighted by molar-refractivity contribution is -0.346. The number of rotatable bonds is 3. The molecule has 0 aliphatic heterocycles. The van der Waals surface area contributed by atoms with Crippen LogP contribution in [0.5, 0.6) is 5.75 Å². The van der Waals surface area contributed by atoms with Crippen molar-refractivity contribution in [3.63, 3.8) is 0 Å². The second-order valence-corrected chi connectivity index (χ2v) is 8.54. The molecule has 0 bridgehead atoms. The SMILES string of the molecule is CCC(C)S(=O)(=O)[O-].COc1cccc2c1ccc1sc(C)[nH+]c12. The summed E-state index contributed by atoms with van der Waals surface area (Å²) in [5, 5.41) is 2.88. The van der Waals surface area contributed by atoms with Gasteiger partial charge in [0.25, 0.3) is 0 Å². The Balaban J connectivity index is 0.000000224. The van der Waals surface area contributed by atoms with Crippen LogP contribution < -0.4 is 9.72 Å². The van der Waals surface area contributed by atoms with Crippen molar-refractivity contribution in [2.75, 3.05) is 7.11 Å². The molecule has 0 fully saturated rings. The van der Waals surface area contributed by atoms with E-state index in [0.29, 0.717) is 6.42 Å². The fourth-order valence-electron chi connectivity index (χ4n) is 2.27. The topological polar surface area (TPSA) is 80.6 Å². The van der Waals surface area contributed by atoms with E-state index >= 15 is 0 Å². The minimum atomic E-state index is -4.00. The van der Waals surface area contributed by atoms with Crippen molar-refractivity contribution in [3.05, 3.63) is 35.3 Å². The second kappa shape index (κ2) is 7.46. The molecule has 0 aliphatic carbocycles. The maximum atomic E-state index is 10.0. The number of hydrogen-bond acceptors (Lipinski definition) is 5. The molecule has 3 aromatic rings. The summed E-state index contributed by atoms with van der Waals surface area (Å²) in [5.74, 6) is 0.927. The average molecular weight is 367 g/mol. The Labute approximate surface area is 146 Å². The van der Waals surface area contributed by atoms with E-state index in [2.05, 4.69) is 30.1 Å². The normalized spacial score (nSPS) is 12.7. The zero-order valence-corrected chi connectivity index (χ0v) is 15.8. The van der Waals surface area contributed by atoms with Crippen molar-refractivity contribution in [2.45, 2.75) is 32.4 Å². The molecule has 1 atom stereocenters. The van der Waals surface area contributed by atoms with Crippen molar-refractivity contribution in [3.8, 4) is 5.75 Å². The molecule has 7 heteroatoms. The van der Waals surface area contributed by atoms with E-state index in [-0.39, 0.29) is 0 Å². The van der Waals surface area contributed by atoms with Gasteiger partial charge in [-0.2, -0.15) is 4.98 Å². The Morgan fingerprint density at radius 3 is 2.50 bits per heavy atom. The molecule has 2 aromatic carbocycles. The standard InChI is InChI=1S/C13H11NOS.C4H10O3S/c1-8-14-13-10-4-3-5-11(15-2)9(10)6-7-12(13)16-8;1-3-4(2)8(5,6)7/h3-7H,1-2H3;4H,3H2,1-2H3,(H,5,6,7). The first-order valence-corrected chi connectivity index (χ1v) is 9.89. The predicted octanol–water partition coefficient (Wildman–Crippen LogP) is 3.52. The van der Waals surface area contributed by atoms with Gasteiger partial charge in [0.2, 0.25) is 10.5 Å². The molecule has 0 saturated heterocycles. The van der Waals surface area contributed by atoms with E-state index in [4.69, 9.17) is 4.74 Å². The summed E-state index contributed by atoms with van der Waals surface area (Å²) < 4.78 is 36.7. The molecule has 1 aromatic heterocycles. The molecule has 1 heterocycles. The summed E-state index contributed by atoms with van der Waals surface area (Å²) in [4.78, 5) is 3.42. The van der Waals surface area contributed by atoms with E-state index < -0.39 is 15.4 Å². The van der Waals surface area contributed by atoms with Crippen molar-refractivity contribution in [1.82, 2.24) is 0 Å². The molecular formula is C17H21NO4S2. The van der Waals surface area contributed by atoms with Gasteiger partial charge in [-0.15, -0.1) is 0 Å². The number of aromatic amines is 1. The second-order valence-electron chi connectivity index (χ2n) is 5.49. The van der Waals surface area contributed by atoms with Crippen molar-refractivity contribution >= 4 is 42.4 Å². The summed E-state index contributed by atoms with van der Waals surface area (Å²) in [6.45, 7) is 5.17. The summed E-state index contributed by atoms with van der Waals surface area (Å²) in [5.41, 5.74) is 1.21. The minimum Gasteiger partial charge on any atom is -0.748 e. The van der Waals surface area contributed by atoms with Gasteiger partial charge in [-0.1, -0.05) is 24.3 Å². The number of fused-ring (bicyclic) bond motifs is 3.